The molecule has 9 nitrogen and oxygen atoms in total. The van der Waals surface area contributed by atoms with E-state index in [1.165, 1.54) is 12.4 Å². The Labute approximate surface area is 205 Å². The number of nitrogens with zero attached hydrogens (tertiary/aromatic N) is 5. The molecule has 1 aliphatic rings. The maximum atomic E-state index is 13.1. The lowest BCUT2D eigenvalue weighted by Crippen LogP contribution is -2.36. The summed E-state index contributed by atoms with van der Waals surface area (Å²) in [5.74, 6) is 1.50. The van der Waals surface area contributed by atoms with E-state index in [1.807, 2.05) is 36.6 Å². The first-order valence-corrected chi connectivity index (χ1v) is 12.0. The van der Waals surface area contributed by atoms with Crippen LogP contribution < -0.4 is 10.0 Å². The van der Waals surface area contributed by atoms with Crippen molar-refractivity contribution in [2.45, 2.75) is 53.1 Å². The molecule has 0 unspecified atom stereocenters. The highest BCUT2D eigenvalue weighted by Crippen LogP contribution is 2.23. The van der Waals surface area contributed by atoms with Gasteiger partial charge in [0.05, 0.1) is 6.04 Å². The first kappa shape index (κ1) is 24.4. The molecule has 0 radical (unpaired) electrons. The molecule has 184 valence electrons. The van der Waals surface area contributed by atoms with Gasteiger partial charge in [-0.05, 0) is 44.4 Å². The van der Waals surface area contributed by atoms with Crippen LogP contribution in [0.4, 0.5) is 0 Å². The molecule has 4 rings (SSSR count). The van der Waals surface area contributed by atoms with Crippen LogP contribution in [0.2, 0.25) is 0 Å². The molecule has 0 aliphatic carbocycles. The molecule has 0 saturated carbocycles. The van der Waals surface area contributed by atoms with Crippen LogP contribution in [0, 0.1) is 25.0 Å². The third kappa shape index (κ3) is 5.67. The summed E-state index contributed by atoms with van der Waals surface area (Å²) in [6.07, 6.45) is 3.90. The quantitative estimate of drug-likeness (QED) is 0.435. The lowest BCUT2D eigenvalue weighted by molar-refractivity contribution is -0.605. The van der Waals surface area contributed by atoms with E-state index in [-0.39, 0.29) is 17.9 Å². The second-order valence-electron chi connectivity index (χ2n) is 9.65. The van der Waals surface area contributed by atoms with Gasteiger partial charge in [-0.15, -0.1) is 10.2 Å². The van der Waals surface area contributed by atoms with Crippen molar-refractivity contribution in [3.05, 3.63) is 81.8 Å². The van der Waals surface area contributed by atoms with E-state index in [4.69, 9.17) is 0 Å². The number of hydrogen-bond donors (Lipinski definition) is 1. The molecule has 0 bridgehead atoms. The summed E-state index contributed by atoms with van der Waals surface area (Å²) in [4.78, 5) is 27.9. The number of aryl methyl sites for hydroxylation is 2. The number of aromatic nitrogens is 4. The van der Waals surface area contributed by atoms with E-state index >= 15 is 0 Å². The molecule has 1 N–H and O–H groups in total. The molecule has 0 fully saturated rings. The number of hydrogen-bond acceptors (Lipinski definition) is 5. The number of rotatable bonds is 6. The highest BCUT2D eigenvalue weighted by atomic mass is 16.5. The first-order valence-electron chi connectivity index (χ1n) is 12.0. The van der Waals surface area contributed by atoms with Crippen molar-refractivity contribution in [3.63, 3.8) is 0 Å². The van der Waals surface area contributed by atoms with E-state index in [9.17, 15) is 14.8 Å². The van der Waals surface area contributed by atoms with E-state index in [1.54, 1.807) is 17.0 Å². The Morgan fingerprint density at radius 3 is 2.51 bits per heavy atom. The summed E-state index contributed by atoms with van der Waals surface area (Å²) < 4.78 is 2.66. The smallest absolute Gasteiger partial charge is 0.260 e. The minimum absolute atomic E-state index is 0.139. The number of amides is 2. The van der Waals surface area contributed by atoms with E-state index in [0.717, 1.165) is 17.0 Å². The average Bonchev–Trinajstić information content (AvgIpc) is 3.08. The Hall–Kier alpha value is -3.75. The van der Waals surface area contributed by atoms with E-state index in [2.05, 4.69) is 29.4 Å². The Morgan fingerprint density at radius 2 is 1.83 bits per heavy atom. The molecule has 1 atom stereocenters. The van der Waals surface area contributed by atoms with Crippen molar-refractivity contribution in [2.75, 3.05) is 13.1 Å². The monoisotopic (exact) mass is 476 g/mol. The average molecular weight is 477 g/mol. The fourth-order valence-corrected chi connectivity index (χ4v) is 4.62. The predicted octanol–water partition coefficient (Wildman–Crippen LogP) is 2.74. The second kappa shape index (κ2) is 10.2. The first-order chi connectivity index (χ1) is 16.7. The number of nitrogens with one attached hydrogen (secondary N) is 1. The van der Waals surface area contributed by atoms with Crippen LogP contribution in [0.1, 0.15) is 69.8 Å². The van der Waals surface area contributed by atoms with Gasteiger partial charge in [0.25, 0.3) is 11.8 Å². The molecular weight excluding hydrogens is 444 g/mol. The maximum Gasteiger partial charge on any atom is 0.260 e. The van der Waals surface area contributed by atoms with Gasteiger partial charge in [-0.25, -0.2) is 0 Å². The van der Waals surface area contributed by atoms with Gasteiger partial charge >= 0.3 is 0 Å². The lowest BCUT2D eigenvalue weighted by atomic mass is 10.0. The van der Waals surface area contributed by atoms with Crippen LogP contribution in [0.5, 0.6) is 0 Å². The summed E-state index contributed by atoms with van der Waals surface area (Å²) in [6, 6.07) is 8.73. The van der Waals surface area contributed by atoms with Crippen molar-refractivity contribution in [3.8, 4) is 0 Å². The van der Waals surface area contributed by atoms with Crippen molar-refractivity contribution < 1.29 is 14.3 Å². The molecular formula is C26H32N6O3. The molecule has 9 heteroatoms. The summed E-state index contributed by atoms with van der Waals surface area (Å²) in [5, 5.41) is 23.7. The molecule has 35 heavy (non-hydrogen) atoms. The van der Waals surface area contributed by atoms with Crippen molar-refractivity contribution >= 4 is 11.8 Å². The van der Waals surface area contributed by atoms with Crippen molar-refractivity contribution in [2.24, 2.45) is 5.92 Å². The third-order valence-electron chi connectivity index (χ3n) is 6.17. The van der Waals surface area contributed by atoms with Gasteiger partial charge in [0.1, 0.15) is 11.4 Å². The highest BCUT2D eigenvalue weighted by molar-refractivity contribution is 5.95. The third-order valence-corrected chi connectivity index (χ3v) is 6.17. The summed E-state index contributed by atoms with van der Waals surface area (Å²) >= 11 is 0. The van der Waals surface area contributed by atoms with Crippen LogP contribution in [-0.2, 0) is 13.0 Å². The number of fused-ring (bicyclic) bond motifs is 1. The van der Waals surface area contributed by atoms with Crippen LogP contribution >= 0.6 is 0 Å². The molecule has 3 heterocycles. The zero-order chi connectivity index (χ0) is 25.1. The topological polar surface area (TPSA) is 107 Å². The van der Waals surface area contributed by atoms with Gasteiger partial charge in [-0.2, -0.15) is 4.73 Å². The van der Waals surface area contributed by atoms with Gasteiger partial charge < -0.3 is 20.0 Å². The summed E-state index contributed by atoms with van der Waals surface area (Å²) in [5.41, 5.74) is 3.07. The number of carbonyl (C=O) groups is 2. The fourth-order valence-electron chi connectivity index (χ4n) is 4.62. The van der Waals surface area contributed by atoms with Crippen molar-refractivity contribution in [1.29, 1.82) is 0 Å². The Bertz CT molecular complexity index is 1220. The van der Waals surface area contributed by atoms with Gasteiger partial charge in [-0.3, -0.25) is 9.59 Å². The summed E-state index contributed by atoms with van der Waals surface area (Å²) in [6.45, 7) is 9.64. The van der Waals surface area contributed by atoms with Gasteiger partial charge in [0, 0.05) is 37.7 Å². The Kier molecular flexibility index (Phi) is 7.14. The molecule has 3 aromatic rings. The molecule has 1 aromatic carbocycles. The zero-order valence-corrected chi connectivity index (χ0v) is 20.7. The highest BCUT2D eigenvalue weighted by Gasteiger charge is 2.28. The van der Waals surface area contributed by atoms with E-state index < -0.39 is 0 Å². The van der Waals surface area contributed by atoms with Gasteiger partial charge in [0.2, 0.25) is 0 Å². The zero-order valence-electron chi connectivity index (χ0n) is 20.7. The van der Waals surface area contributed by atoms with Crippen LogP contribution in [0.25, 0.3) is 0 Å². The van der Waals surface area contributed by atoms with E-state index in [0.29, 0.717) is 60.1 Å². The van der Waals surface area contributed by atoms with Crippen LogP contribution in [0.15, 0.2) is 42.7 Å². The molecule has 0 saturated heterocycles. The summed E-state index contributed by atoms with van der Waals surface area (Å²) in [7, 11) is 0. The normalized spacial score (nSPS) is 14.4. The fraction of sp³-hybridized carbons (Fsp3) is 0.423. The molecule has 2 amide bonds. The predicted molar refractivity (Wildman–Crippen MR) is 131 cm³/mol. The van der Waals surface area contributed by atoms with Crippen molar-refractivity contribution in [1.82, 2.24) is 25.0 Å². The molecule has 2 aromatic heterocycles. The minimum atomic E-state index is -0.305. The van der Waals surface area contributed by atoms with Gasteiger partial charge in [-0.1, -0.05) is 31.0 Å². The Morgan fingerprint density at radius 1 is 1.09 bits per heavy atom. The molecule has 0 spiro atoms. The van der Waals surface area contributed by atoms with Gasteiger partial charge in [0.15, 0.2) is 18.2 Å². The minimum Gasteiger partial charge on any atom is -0.619 e. The van der Waals surface area contributed by atoms with Crippen LogP contribution in [0.3, 0.4) is 0 Å². The SMILES string of the molecule is Cc1cc(C)cc(C(=O)N[C@H](CC(C)C)c2nnc3n2CCN(C(=O)c2ccc[n+]([O-])c2)CC3)c1. The second-order valence-corrected chi connectivity index (χ2v) is 9.65. The number of carbonyl (C=O) groups excluding carboxylic acids is 2. The standard InChI is InChI=1S/C26H32N6O3/c1-17(2)12-22(27-25(33)21-14-18(3)13-19(4)15-21)24-29-28-23-7-9-30(10-11-32(23)24)26(34)20-6-5-8-31(35)16-20/h5-6,8,13-17,22H,7,9-12H2,1-4H3,(H,27,33)/t22-/m1/s1. The largest absolute Gasteiger partial charge is 0.619 e. The van der Waals surface area contributed by atoms with Crippen LogP contribution in [-0.4, -0.2) is 44.6 Å². The Balaban J connectivity index is 1.54. The number of pyridine rings is 1. The maximum absolute atomic E-state index is 13.1. The number of benzene rings is 1. The molecule has 1 aliphatic heterocycles. The lowest BCUT2D eigenvalue weighted by Gasteiger charge is -2.22.